The summed E-state index contributed by atoms with van der Waals surface area (Å²) in [5.74, 6) is 0. The van der Waals surface area contributed by atoms with Crippen LogP contribution in [0.15, 0.2) is 146 Å². The van der Waals surface area contributed by atoms with Crippen LogP contribution in [0.2, 0.25) is 0 Å². The molecule has 0 spiro atoms. The van der Waals surface area contributed by atoms with Crippen LogP contribution in [0.1, 0.15) is 0 Å². The predicted octanol–water partition coefficient (Wildman–Crippen LogP) is 8.37. The quantitative estimate of drug-likeness (QED) is 0.175. The maximum Gasteiger partial charge on any atom is 0.0393 e. The van der Waals surface area contributed by atoms with Gasteiger partial charge in [-0.2, -0.15) is 0 Å². The van der Waals surface area contributed by atoms with Crippen molar-refractivity contribution in [1.82, 2.24) is 0 Å². The lowest BCUT2D eigenvalue weighted by atomic mass is 9.93. The molecule has 0 aliphatic heterocycles. The Labute approximate surface area is 235 Å². The predicted molar refractivity (Wildman–Crippen MR) is 172 cm³/mol. The third-order valence-corrected chi connectivity index (χ3v) is 6.80. The van der Waals surface area contributed by atoms with Gasteiger partial charge in [0.25, 0.3) is 0 Å². The Balaban J connectivity index is 0.000000161. The summed E-state index contributed by atoms with van der Waals surface area (Å²) in [6, 6.07) is 48.3. The van der Waals surface area contributed by atoms with Crippen molar-refractivity contribution in [1.29, 1.82) is 0 Å². The summed E-state index contributed by atoms with van der Waals surface area (Å²) in [7, 11) is 0. The minimum Gasteiger partial charge on any atom is -0.399 e. The average molecular weight is 521 g/mol. The van der Waals surface area contributed by atoms with E-state index in [2.05, 4.69) is 36.4 Å². The number of anilines is 4. The molecule has 0 heterocycles. The first kappa shape index (κ1) is 26.1. The summed E-state index contributed by atoms with van der Waals surface area (Å²) in [6.45, 7) is 0. The van der Waals surface area contributed by atoms with Crippen molar-refractivity contribution in [2.45, 2.75) is 0 Å². The van der Waals surface area contributed by atoms with Gasteiger partial charge in [-0.15, -0.1) is 0 Å². The number of para-hydroxylation sites is 2. The van der Waals surface area contributed by atoms with Gasteiger partial charge >= 0.3 is 0 Å². The molecule has 0 aliphatic rings. The maximum atomic E-state index is 6.11. The Morgan fingerprint density at radius 2 is 0.500 bits per heavy atom. The monoisotopic (exact) mass is 520 g/mol. The highest BCUT2D eigenvalue weighted by Gasteiger charge is 2.10. The highest BCUT2D eigenvalue weighted by atomic mass is 14.6. The molecule has 0 radical (unpaired) electrons. The fourth-order valence-corrected chi connectivity index (χ4v) is 4.64. The summed E-state index contributed by atoms with van der Waals surface area (Å²) in [4.78, 5) is 0. The molecule has 0 saturated heterocycles. The molecule has 40 heavy (non-hydrogen) atoms. The second kappa shape index (κ2) is 11.9. The first-order valence-corrected chi connectivity index (χ1v) is 13.1. The van der Waals surface area contributed by atoms with Gasteiger partial charge in [-0.3, -0.25) is 0 Å². The normalized spacial score (nSPS) is 10.4. The molecule has 0 bridgehead atoms. The zero-order valence-corrected chi connectivity index (χ0v) is 22.2. The van der Waals surface area contributed by atoms with Crippen LogP contribution >= 0.6 is 0 Å². The average Bonchev–Trinajstić information content (AvgIpc) is 2.99. The van der Waals surface area contributed by atoms with Crippen LogP contribution in [0.3, 0.4) is 0 Å². The highest BCUT2D eigenvalue weighted by Crippen LogP contribution is 2.37. The molecule has 6 aromatic carbocycles. The zero-order chi connectivity index (χ0) is 27.9. The van der Waals surface area contributed by atoms with E-state index in [0.29, 0.717) is 0 Å². The Morgan fingerprint density at radius 1 is 0.250 bits per heavy atom. The van der Waals surface area contributed by atoms with E-state index in [-0.39, 0.29) is 0 Å². The molecule has 8 N–H and O–H groups in total. The fraction of sp³-hybridized carbons (Fsp3) is 0. The van der Waals surface area contributed by atoms with Crippen molar-refractivity contribution in [3.05, 3.63) is 146 Å². The molecule has 0 aromatic heterocycles. The molecule has 0 aliphatic carbocycles. The van der Waals surface area contributed by atoms with Crippen LogP contribution in [-0.4, -0.2) is 0 Å². The Bertz CT molecular complexity index is 1580. The van der Waals surface area contributed by atoms with E-state index in [1.807, 2.05) is 109 Å². The van der Waals surface area contributed by atoms with E-state index >= 15 is 0 Å². The number of benzene rings is 6. The van der Waals surface area contributed by atoms with Gasteiger partial charge in [-0.1, -0.05) is 109 Å². The molecule has 4 nitrogen and oxygen atoms in total. The van der Waals surface area contributed by atoms with Crippen molar-refractivity contribution in [2.75, 3.05) is 22.9 Å². The lowest BCUT2D eigenvalue weighted by Gasteiger charge is -2.13. The van der Waals surface area contributed by atoms with Crippen LogP contribution < -0.4 is 22.9 Å². The van der Waals surface area contributed by atoms with E-state index in [9.17, 15) is 0 Å². The standard InChI is InChI=1S/2C18H16N2/c19-17-11-5-3-9-15(17)13-7-1-2-8-14(13)16-10-4-6-12-18(16)20;19-17-9-5-15(6-10-17)13-1-2-14(4-3-13)16-7-11-18(20)12-8-16/h2*1-12H,19-20H2. The van der Waals surface area contributed by atoms with Gasteiger partial charge in [-0.05, 0) is 69.8 Å². The summed E-state index contributed by atoms with van der Waals surface area (Å²) in [5, 5.41) is 0. The molecule has 0 saturated carbocycles. The van der Waals surface area contributed by atoms with Gasteiger partial charge in [0.1, 0.15) is 0 Å². The smallest absolute Gasteiger partial charge is 0.0393 e. The summed E-state index contributed by atoms with van der Waals surface area (Å²) < 4.78 is 0. The van der Waals surface area contributed by atoms with Crippen LogP contribution in [0.5, 0.6) is 0 Å². The van der Waals surface area contributed by atoms with Crippen molar-refractivity contribution in [3.8, 4) is 44.5 Å². The van der Waals surface area contributed by atoms with Crippen molar-refractivity contribution in [2.24, 2.45) is 0 Å². The first-order chi connectivity index (χ1) is 19.5. The molecule has 4 heteroatoms. The molecule has 6 aromatic rings. The Kier molecular flexibility index (Phi) is 7.79. The summed E-state index contributed by atoms with van der Waals surface area (Å²) in [5.41, 5.74) is 35.7. The minimum absolute atomic E-state index is 0.773. The fourth-order valence-electron chi connectivity index (χ4n) is 4.64. The van der Waals surface area contributed by atoms with Gasteiger partial charge in [0, 0.05) is 33.9 Å². The van der Waals surface area contributed by atoms with Gasteiger partial charge in [0.05, 0.1) is 0 Å². The number of nitrogens with two attached hydrogens (primary N) is 4. The topological polar surface area (TPSA) is 104 Å². The molecule has 0 amide bonds. The first-order valence-electron chi connectivity index (χ1n) is 13.1. The molecule has 0 unspecified atom stereocenters. The number of rotatable bonds is 4. The third kappa shape index (κ3) is 5.98. The molecular weight excluding hydrogens is 488 g/mol. The van der Waals surface area contributed by atoms with Crippen LogP contribution in [0.25, 0.3) is 44.5 Å². The third-order valence-electron chi connectivity index (χ3n) is 6.80. The van der Waals surface area contributed by atoms with E-state index in [1.165, 1.54) is 22.3 Å². The van der Waals surface area contributed by atoms with E-state index in [0.717, 1.165) is 45.0 Å². The summed E-state index contributed by atoms with van der Waals surface area (Å²) in [6.07, 6.45) is 0. The van der Waals surface area contributed by atoms with Gasteiger partial charge < -0.3 is 22.9 Å². The van der Waals surface area contributed by atoms with E-state index in [1.54, 1.807) is 0 Å². The molecule has 0 fully saturated rings. The van der Waals surface area contributed by atoms with Gasteiger partial charge in [0.2, 0.25) is 0 Å². The lowest BCUT2D eigenvalue weighted by molar-refractivity contribution is 1.57. The van der Waals surface area contributed by atoms with Crippen LogP contribution in [0, 0.1) is 0 Å². The molecular formula is C36H32N4. The van der Waals surface area contributed by atoms with Gasteiger partial charge in [0.15, 0.2) is 0 Å². The molecule has 0 atom stereocenters. The number of hydrogen-bond donors (Lipinski definition) is 4. The maximum absolute atomic E-state index is 6.11. The van der Waals surface area contributed by atoms with Crippen molar-refractivity contribution in [3.63, 3.8) is 0 Å². The number of hydrogen-bond acceptors (Lipinski definition) is 4. The highest BCUT2D eigenvalue weighted by molar-refractivity contribution is 5.91. The van der Waals surface area contributed by atoms with Gasteiger partial charge in [-0.25, -0.2) is 0 Å². The van der Waals surface area contributed by atoms with Crippen LogP contribution in [0.4, 0.5) is 22.7 Å². The Morgan fingerprint density at radius 3 is 0.800 bits per heavy atom. The SMILES string of the molecule is Nc1ccc(-c2ccc(-c3ccc(N)cc3)cc2)cc1.Nc1ccccc1-c1ccccc1-c1ccccc1N. The largest absolute Gasteiger partial charge is 0.399 e. The second-order valence-corrected chi connectivity index (χ2v) is 9.54. The Hall–Kier alpha value is -5.48. The van der Waals surface area contributed by atoms with E-state index in [4.69, 9.17) is 22.9 Å². The summed E-state index contributed by atoms with van der Waals surface area (Å²) >= 11 is 0. The molecule has 6 rings (SSSR count). The number of nitrogen functional groups attached to an aromatic ring is 4. The molecule has 196 valence electrons. The lowest BCUT2D eigenvalue weighted by Crippen LogP contribution is -1.94. The van der Waals surface area contributed by atoms with Crippen molar-refractivity contribution < 1.29 is 0 Å². The second-order valence-electron chi connectivity index (χ2n) is 9.54. The van der Waals surface area contributed by atoms with Crippen LogP contribution in [-0.2, 0) is 0 Å². The minimum atomic E-state index is 0.773. The zero-order valence-electron chi connectivity index (χ0n) is 22.2. The van der Waals surface area contributed by atoms with Crippen molar-refractivity contribution >= 4 is 22.7 Å². The van der Waals surface area contributed by atoms with E-state index < -0.39 is 0 Å².